The SMILES string of the molecule is CCCCc1nc(Cl)c(C(NC=O)c2cc3c(OCC(O)CN(C(=O)OC(C)(C)C)C(C)C)cccc3[nH]2)n1Cc1ccc(-c2ccccc2C(=O)OC)cc1. The summed E-state index contributed by atoms with van der Waals surface area (Å²) >= 11 is 6.94. The van der Waals surface area contributed by atoms with Crippen LogP contribution in [0.3, 0.4) is 0 Å². The molecule has 0 aliphatic heterocycles. The lowest BCUT2D eigenvalue weighted by Crippen LogP contribution is -2.46. The zero-order valence-corrected chi connectivity index (χ0v) is 33.9. The first-order valence-corrected chi connectivity index (χ1v) is 19.3. The number of aromatic amines is 1. The molecule has 0 aliphatic carbocycles. The quantitative estimate of drug-likeness (QED) is 0.0633. The van der Waals surface area contributed by atoms with E-state index in [1.165, 1.54) is 12.0 Å². The van der Waals surface area contributed by atoms with E-state index in [-0.39, 0.29) is 24.3 Å². The minimum Gasteiger partial charge on any atom is -0.490 e. The second kappa shape index (κ2) is 18.5. The van der Waals surface area contributed by atoms with Crippen molar-refractivity contribution >= 4 is 41.0 Å². The van der Waals surface area contributed by atoms with Gasteiger partial charge in [-0.3, -0.25) is 4.79 Å². The van der Waals surface area contributed by atoms with E-state index in [0.717, 1.165) is 46.3 Å². The van der Waals surface area contributed by atoms with Gasteiger partial charge in [-0.2, -0.15) is 0 Å². The molecule has 3 aromatic carbocycles. The number of carbonyl (C=O) groups is 3. The van der Waals surface area contributed by atoms with Gasteiger partial charge in [0.25, 0.3) is 0 Å². The first-order chi connectivity index (χ1) is 26.7. The minimum atomic E-state index is -0.991. The molecule has 5 rings (SSSR count). The van der Waals surface area contributed by atoms with E-state index >= 15 is 0 Å². The number of aryl methyl sites for hydroxylation is 1. The standard InChI is InChI=1S/C43H52ClN5O7/c1-8-9-17-37-47-40(44)39(49(37)23-28-18-20-29(21-19-28)31-13-10-11-14-32(31)41(52)54-7)38(45-26-50)35-22-33-34(46-35)15-12-16-36(33)55-25-30(51)24-48(27(2)3)42(53)56-43(4,5)6/h10-16,18-22,26-27,30,38,46,51H,8-9,17,23-25H2,1-7H3,(H,45,50). The normalized spacial score (nSPS) is 12.7. The van der Waals surface area contributed by atoms with Gasteiger partial charge in [-0.05, 0) is 82.0 Å². The lowest BCUT2D eigenvalue weighted by molar-refractivity contribution is -0.110. The molecule has 0 radical (unpaired) electrons. The molecule has 2 amide bonds. The van der Waals surface area contributed by atoms with E-state index in [1.807, 2.05) is 68.4 Å². The molecule has 0 fully saturated rings. The molecule has 13 heteroatoms. The summed E-state index contributed by atoms with van der Waals surface area (Å²) in [4.78, 5) is 47.2. The smallest absolute Gasteiger partial charge is 0.410 e. The van der Waals surface area contributed by atoms with Gasteiger partial charge >= 0.3 is 12.1 Å². The number of carbonyl (C=O) groups excluding carboxylic acids is 3. The van der Waals surface area contributed by atoms with Crippen molar-refractivity contribution in [2.45, 2.75) is 91.1 Å². The number of fused-ring (bicyclic) bond motifs is 1. The number of esters is 1. The number of benzene rings is 3. The molecule has 0 saturated heterocycles. The Kier molecular flexibility index (Phi) is 13.8. The molecule has 56 heavy (non-hydrogen) atoms. The second-order valence-corrected chi connectivity index (χ2v) is 15.3. The highest BCUT2D eigenvalue weighted by molar-refractivity contribution is 6.30. The number of halogens is 1. The Hall–Kier alpha value is -5.33. The number of aliphatic hydroxyl groups is 1. The molecular formula is C43H52ClN5O7. The monoisotopic (exact) mass is 785 g/mol. The molecule has 0 aliphatic rings. The Morgan fingerprint density at radius 2 is 1.80 bits per heavy atom. The number of rotatable bonds is 17. The number of ether oxygens (including phenoxy) is 3. The number of unbranched alkanes of at least 4 members (excludes halogenated alkanes) is 1. The maximum absolute atomic E-state index is 12.8. The Labute approximate surface area is 333 Å². The third-order valence-electron chi connectivity index (χ3n) is 9.29. The van der Waals surface area contributed by atoms with Crippen molar-refractivity contribution in [2.75, 3.05) is 20.3 Å². The third-order valence-corrected chi connectivity index (χ3v) is 9.57. The van der Waals surface area contributed by atoms with Gasteiger partial charge in [-0.1, -0.05) is 73.5 Å². The zero-order chi connectivity index (χ0) is 40.6. The number of amides is 2. The highest BCUT2D eigenvalue weighted by atomic mass is 35.5. The van der Waals surface area contributed by atoms with Crippen molar-refractivity contribution in [3.05, 3.63) is 106 Å². The van der Waals surface area contributed by atoms with Gasteiger partial charge in [0.15, 0.2) is 5.15 Å². The summed E-state index contributed by atoms with van der Waals surface area (Å²) in [6.45, 7) is 11.6. The van der Waals surface area contributed by atoms with Crippen LogP contribution in [-0.4, -0.2) is 81.0 Å². The van der Waals surface area contributed by atoms with Crippen LogP contribution in [0.15, 0.2) is 72.8 Å². The lowest BCUT2D eigenvalue weighted by Gasteiger charge is -2.31. The predicted octanol–water partition coefficient (Wildman–Crippen LogP) is 8.08. The summed E-state index contributed by atoms with van der Waals surface area (Å²) in [7, 11) is 1.37. The van der Waals surface area contributed by atoms with Crippen molar-refractivity contribution in [1.82, 2.24) is 24.8 Å². The van der Waals surface area contributed by atoms with Crippen molar-refractivity contribution in [3.63, 3.8) is 0 Å². The van der Waals surface area contributed by atoms with E-state index < -0.39 is 29.8 Å². The van der Waals surface area contributed by atoms with Gasteiger partial charge in [-0.15, -0.1) is 0 Å². The highest BCUT2D eigenvalue weighted by Crippen LogP contribution is 2.35. The summed E-state index contributed by atoms with van der Waals surface area (Å²) in [5.74, 6) is 0.901. The van der Waals surface area contributed by atoms with Crippen molar-refractivity contribution in [1.29, 1.82) is 0 Å². The van der Waals surface area contributed by atoms with Gasteiger partial charge in [0.2, 0.25) is 6.41 Å². The Bertz CT molecular complexity index is 2120. The Morgan fingerprint density at radius 3 is 2.46 bits per heavy atom. The van der Waals surface area contributed by atoms with Crippen molar-refractivity contribution in [3.8, 4) is 16.9 Å². The van der Waals surface area contributed by atoms with Gasteiger partial charge in [0.05, 0.1) is 24.9 Å². The first kappa shape index (κ1) is 41.8. The largest absolute Gasteiger partial charge is 0.490 e. The summed E-state index contributed by atoms with van der Waals surface area (Å²) in [5, 5.41) is 14.9. The predicted molar refractivity (Wildman–Crippen MR) is 217 cm³/mol. The van der Waals surface area contributed by atoms with E-state index in [0.29, 0.717) is 42.1 Å². The number of imidazole rings is 1. The summed E-state index contributed by atoms with van der Waals surface area (Å²) < 4.78 is 18.7. The third kappa shape index (κ3) is 10.1. The Balaban J connectivity index is 1.43. The zero-order valence-electron chi connectivity index (χ0n) is 33.1. The average molecular weight is 786 g/mol. The van der Waals surface area contributed by atoms with Crippen LogP contribution in [0, 0.1) is 0 Å². The van der Waals surface area contributed by atoms with E-state index in [1.54, 1.807) is 39.0 Å². The molecule has 2 heterocycles. The first-order valence-electron chi connectivity index (χ1n) is 18.9. The fourth-order valence-electron chi connectivity index (χ4n) is 6.55. The summed E-state index contributed by atoms with van der Waals surface area (Å²) in [6.07, 6.45) is 1.68. The van der Waals surface area contributed by atoms with Crippen LogP contribution < -0.4 is 10.1 Å². The van der Waals surface area contributed by atoms with Gasteiger partial charge in [0.1, 0.15) is 35.9 Å². The van der Waals surface area contributed by atoms with Gasteiger partial charge in [-0.25, -0.2) is 14.6 Å². The topological polar surface area (TPSA) is 148 Å². The minimum absolute atomic E-state index is 0.0264. The maximum atomic E-state index is 12.8. The van der Waals surface area contributed by atoms with E-state index in [9.17, 15) is 19.5 Å². The summed E-state index contributed by atoms with van der Waals surface area (Å²) in [5.41, 5.74) is 4.44. The van der Waals surface area contributed by atoms with Gasteiger partial charge < -0.3 is 39.1 Å². The second-order valence-electron chi connectivity index (χ2n) is 15.0. The molecule has 2 unspecified atom stereocenters. The number of aliphatic hydroxyl groups excluding tert-OH is 1. The molecule has 2 aromatic heterocycles. The van der Waals surface area contributed by atoms with Crippen LogP contribution in [-0.2, 0) is 27.2 Å². The van der Waals surface area contributed by atoms with Crippen LogP contribution in [0.25, 0.3) is 22.0 Å². The fraction of sp³-hybridized carbons (Fsp3) is 0.395. The molecule has 0 saturated carbocycles. The number of hydrogen-bond acceptors (Lipinski definition) is 8. The summed E-state index contributed by atoms with van der Waals surface area (Å²) in [6, 6.07) is 21.8. The molecule has 3 N–H and O–H groups in total. The van der Waals surface area contributed by atoms with Crippen molar-refractivity contribution in [2.24, 2.45) is 0 Å². The maximum Gasteiger partial charge on any atom is 0.410 e. The van der Waals surface area contributed by atoms with Crippen molar-refractivity contribution < 1.29 is 33.7 Å². The molecule has 0 spiro atoms. The fourth-order valence-corrected chi connectivity index (χ4v) is 6.86. The molecule has 12 nitrogen and oxygen atoms in total. The number of nitrogens with zero attached hydrogens (tertiary/aromatic N) is 3. The number of aromatic nitrogens is 3. The van der Waals surface area contributed by atoms with E-state index in [2.05, 4.69) is 21.8 Å². The van der Waals surface area contributed by atoms with Gasteiger partial charge in [0, 0.05) is 35.6 Å². The Morgan fingerprint density at radius 1 is 1.07 bits per heavy atom. The lowest BCUT2D eigenvalue weighted by atomic mass is 9.98. The molecule has 0 bridgehead atoms. The molecule has 5 aromatic rings. The van der Waals surface area contributed by atoms with Crippen LogP contribution in [0.4, 0.5) is 4.79 Å². The van der Waals surface area contributed by atoms with E-state index in [4.69, 9.17) is 30.8 Å². The molecule has 2 atom stereocenters. The van der Waals surface area contributed by atoms with Crippen LogP contribution in [0.2, 0.25) is 5.15 Å². The highest BCUT2D eigenvalue weighted by Gasteiger charge is 2.29. The number of nitrogens with one attached hydrogen (secondary N) is 2. The number of methoxy groups -OCH3 is 1. The van der Waals surface area contributed by atoms with Crippen LogP contribution in [0.1, 0.15) is 93.6 Å². The number of hydrogen-bond donors (Lipinski definition) is 3. The molecule has 298 valence electrons. The average Bonchev–Trinajstić information content (AvgIpc) is 3.74. The molecular weight excluding hydrogens is 734 g/mol. The van der Waals surface area contributed by atoms with Crippen LogP contribution in [0.5, 0.6) is 5.75 Å². The van der Waals surface area contributed by atoms with Crippen LogP contribution >= 0.6 is 11.6 Å². The number of H-pyrrole nitrogens is 1.